The number of nitrogens with one attached hydrogen (secondary N) is 1. The lowest BCUT2D eigenvalue weighted by atomic mass is 9.88. The van der Waals surface area contributed by atoms with Gasteiger partial charge >= 0.3 is 0 Å². The summed E-state index contributed by atoms with van der Waals surface area (Å²) in [6, 6.07) is 0.724. The number of hydrogen-bond acceptors (Lipinski definition) is 3. The van der Waals surface area contributed by atoms with Gasteiger partial charge in [0.1, 0.15) is 0 Å². The predicted molar refractivity (Wildman–Crippen MR) is 65.8 cm³/mol. The highest BCUT2D eigenvalue weighted by Crippen LogP contribution is 2.33. The Balaban J connectivity index is 2.12. The van der Waals surface area contributed by atoms with E-state index < -0.39 is 0 Å². The van der Waals surface area contributed by atoms with E-state index in [9.17, 15) is 0 Å². The lowest BCUT2D eigenvalue weighted by molar-refractivity contribution is 0.317. The summed E-state index contributed by atoms with van der Waals surface area (Å²) in [5.41, 5.74) is 5.98. The van der Waals surface area contributed by atoms with Crippen molar-refractivity contribution in [1.82, 2.24) is 5.32 Å². The highest BCUT2D eigenvalue weighted by Gasteiger charge is 2.27. The molecule has 1 aliphatic heterocycles. The van der Waals surface area contributed by atoms with Crippen LogP contribution in [0.3, 0.4) is 0 Å². The van der Waals surface area contributed by atoms with Crippen LogP contribution in [-0.2, 0) is 0 Å². The Hall–Kier alpha value is 0.270. The highest BCUT2D eigenvalue weighted by molar-refractivity contribution is 7.99. The van der Waals surface area contributed by atoms with Gasteiger partial charge in [-0.1, -0.05) is 13.8 Å². The number of nitrogens with two attached hydrogens (primary N) is 1. The molecule has 1 unspecified atom stereocenters. The van der Waals surface area contributed by atoms with E-state index in [4.69, 9.17) is 5.73 Å². The van der Waals surface area contributed by atoms with Crippen molar-refractivity contribution in [3.05, 3.63) is 0 Å². The summed E-state index contributed by atoms with van der Waals surface area (Å²) < 4.78 is 0. The average Bonchev–Trinajstić information content (AvgIpc) is 2.11. The van der Waals surface area contributed by atoms with E-state index in [1.807, 2.05) is 0 Å². The van der Waals surface area contributed by atoms with Crippen LogP contribution in [0.5, 0.6) is 0 Å². The first kappa shape index (κ1) is 12.3. The van der Waals surface area contributed by atoms with Crippen LogP contribution in [0.2, 0.25) is 0 Å². The Kier molecular flexibility index (Phi) is 5.28. The van der Waals surface area contributed by atoms with Crippen molar-refractivity contribution in [3.8, 4) is 0 Å². The standard InChI is InChI=1S/C11H24N2S/c1-11(2)7-10(8-14-9-11)13-6-4-3-5-12/h10,13H,3-9,12H2,1-2H3. The first-order valence-electron chi connectivity index (χ1n) is 5.65. The van der Waals surface area contributed by atoms with E-state index in [-0.39, 0.29) is 0 Å². The van der Waals surface area contributed by atoms with Gasteiger partial charge in [-0.3, -0.25) is 0 Å². The molecule has 1 fully saturated rings. The minimum atomic E-state index is 0.522. The molecule has 1 atom stereocenters. The molecular formula is C11H24N2S. The maximum atomic E-state index is 5.46. The molecule has 0 spiro atoms. The van der Waals surface area contributed by atoms with Crippen LogP contribution in [0.4, 0.5) is 0 Å². The number of hydrogen-bond donors (Lipinski definition) is 2. The van der Waals surface area contributed by atoms with Crippen molar-refractivity contribution in [2.75, 3.05) is 24.6 Å². The van der Waals surface area contributed by atoms with Crippen LogP contribution in [0.1, 0.15) is 33.1 Å². The van der Waals surface area contributed by atoms with Gasteiger partial charge in [-0.2, -0.15) is 11.8 Å². The fourth-order valence-corrected chi connectivity index (χ4v) is 3.28. The Morgan fingerprint density at radius 1 is 1.43 bits per heavy atom. The van der Waals surface area contributed by atoms with Gasteiger partial charge in [-0.25, -0.2) is 0 Å². The Labute approximate surface area is 92.4 Å². The highest BCUT2D eigenvalue weighted by atomic mass is 32.2. The third kappa shape index (κ3) is 4.67. The van der Waals surface area contributed by atoms with Crippen LogP contribution in [0.25, 0.3) is 0 Å². The van der Waals surface area contributed by atoms with E-state index in [1.54, 1.807) is 0 Å². The van der Waals surface area contributed by atoms with Gasteiger partial charge in [0.2, 0.25) is 0 Å². The van der Waals surface area contributed by atoms with Crippen molar-refractivity contribution < 1.29 is 0 Å². The molecule has 0 aromatic rings. The second-order valence-corrected chi connectivity index (χ2v) is 6.06. The van der Waals surface area contributed by atoms with Crippen molar-refractivity contribution in [2.24, 2.45) is 11.1 Å². The van der Waals surface area contributed by atoms with E-state index >= 15 is 0 Å². The van der Waals surface area contributed by atoms with Gasteiger partial charge in [-0.15, -0.1) is 0 Å². The summed E-state index contributed by atoms with van der Waals surface area (Å²) in [6.45, 7) is 6.70. The van der Waals surface area contributed by atoms with Crippen molar-refractivity contribution in [1.29, 1.82) is 0 Å². The third-order valence-corrected chi connectivity index (χ3v) is 4.30. The van der Waals surface area contributed by atoms with Crippen LogP contribution in [0.15, 0.2) is 0 Å². The third-order valence-electron chi connectivity index (χ3n) is 2.67. The molecule has 0 radical (unpaired) electrons. The molecule has 1 saturated heterocycles. The molecule has 0 amide bonds. The average molecular weight is 216 g/mol. The van der Waals surface area contributed by atoms with Crippen LogP contribution in [-0.4, -0.2) is 30.6 Å². The summed E-state index contributed by atoms with van der Waals surface area (Å²) in [4.78, 5) is 0. The Morgan fingerprint density at radius 3 is 2.86 bits per heavy atom. The fraction of sp³-hybridized carbons (Fsp3) is 1.00. The molecule has 14 heavy (non-hydrogen) atoms. The van der Waals surface area contributed by atoms with E-state index in [0.717, 1.165) is 25.6 Å². The lowest BCUT2D eigenvalue weighted by Crippen LogP contribution is -2.40. The normalized spacial score (nSPS) is 26.4. The molecule has 1 heterocycles. The molecule has 3 N–H and O–H groups in total. The smallest absolute Gasteiger partial charge is 0.0163 e. The zero-order valence-corrected chi connectivity index (χ0v) is 10.3. The Morgan fingerprint density at radius 2 is 2.21 bits per heavy atom. The number of thioether (sulfide) groups is 1. The summed E-state index contributed by atoms with van der Waals surface area (Å²) in [5, 5.41) is 3.64. The van der Waals surface area contributed by atoms with Crippen molar-refractivity contribution >= 4 is 11.8 Å². The second kappa shape index (κ2) is 5.99. The molecular weight excluding hydrogens is 192 g/mol. The SMILES string of the molecule is CC1(C)CSCC(NCCCCN)C1. The summed E-state index contributed by atoms with van der Waals surface area (Å²) in [7, 11) is 0. The van der Waals surface area contributed by atoms with E-state index in [0.29, 0.717) is 5.41 Å². The van der Waals surface area contributed by atoms with Crippen molar-refractivity contribution in [3.63, 3.8) is 0 Å². The predicted octanol–water partition coefficient (Wildman–Crippen LogP) is 1.85. The quantitative estimate of drug-likeness (QED) is 0.689. The van der Waals surface area contributed by atoms with Crippen LogP contribution >= 0.6 is 11.8 Å². The lowest BCUT2D eigenvalue weighted by Gasteiger charge is -2.35. The van der Waals surface area contributed by atoms with Gasteiger partial charge in [0.05, 0.1) is 0 Å². The minimum absolute atomic E-state index is 0.522. The summed E-state index contributed by atoms with van der Waals surface area (Å²) >= 11 is 2.09. The molecule has 0 saturated carbocycles. The molecule has 1 rings (SSSR count). The minimum Gasteiger partial charge on any atom is -0.330 e. The summed E-state index contributed by atoms with van der Waals surface area (Å²) in [6.07, 6.45) is 3.69. The zero-order chi connectivity index (χ0) is 10.4. The molecule has 84 valence electrons. The largest absolute Gasteiger partial charge is 0.330 e. The topological polar surface area (TPSA) is 38.0 Å². The Bertz CT molecular complexity index is 159. The van der Waals surface area contributed by atoms with E-state index in [1.165, 1.54) is 24.3 Å². The van der Waals surface area contributed by atoms with Gasteiger partial charge in [0.25, 0.3) is 0 Å². The molecule has 0 aliphatic carbocycles. The number of unbranched alkanes of at least 4 members (excludes halogenated alkanes) is 1. The summed E-state index contributed by atoms with van der Waals surface area (Å²) in [5.74, 6) is 2.60. The van der Waals surface area contributed by atoms with Gasteiger partial charge in [0, 0.05) is 11.8 Å². The molecule has 3 heteroatoms. The van der Waals surface area contributed by atoms with Crippen LogP contribution < -0.4 is 11.1 Å². The van der Waals surface area contributed by atoms with Crippen molar-refractivity contribution in [2.45, 2.75) is 39.2 Å². The maximum Gasteiger partial charge on any atom is 0.0163 e. The number of rotatable bonds is 5. The molecule has 0 aromatic heterocycles. The fourth-order valence-electron chi connectivity index (χ4n) is 1.97. The molecule has 2 nitrogen and oxygen atoms in total. The molecule has 0 bridgehead atoms. The van der Waals surface area contributed by atoms with Gasteiger partial charge in [0.15, 0.2) is 0 Å². The van der Waals surface area contributed by atoms with E-state index in [2.05, 4.69) is 30.9 Å². The van der Waals surface area contributed by atoms with Gasteiger partial charge < -0.3 is 11.1 Å². The first-order valence-corrected chi connectivity index (χ1v) is 6.81. The maximum absolute atomic E-state index is 5.46. The monoisotopic (exact) mass is 216 g/mol. The first-order chi connectivity index (χ1) is 6.64. The van der Waals surface area contributed by atoms with Gasteiger partial charge in [-0.05, 0) is 43.5 Å². The molecule has 0 aromatic carbocycles. The second-order valence-electron chi connectivity index (χ2n) is 5.03. The zero-order valence-electron chi connectivity index (χ0n) is 9.51. The molecule has 1 aliphatic rings. The van der Waals surface area contributed by atoms with Crippen LogP contribution in [0, 0.1) is 5.41 Å².